The molecule has 0 saturated heterocycles. The van der Waals surface area contributed by atoms with Crippen molar-refractivity contribution in [3.63, 3.8) is 0 Å². The molecule has 8 nitrogen and oxygen atoms in total. The molecular weight excluding hydrogens is 380 g/mol. The molecule has 2 N–H and O–H groups in total. The lowest BCUT2D eigenvalue weighted by atomic mass is 10.1. The molecule has 2 aromatic carbocycles. The molecule has 0 aromatic heterocycles. The zero-order valence-corrected chi connectivity index (χ0v) is 16.3. The number of sulfonamides is 1. The Morgan fingerprint density at radius 1 is 1.07 bits per heavy atom. The summed E-state index contributed by atoms with van der Waals surface area (Å²) in [5.41, 5.74) is 8.36. The summed E-state index contributed by atoms with van der Waals surface area (Å²) in [7, 11) is -3.82. The molecule has 28 heavy (non-hydrogen) atoms. The lowest BCUT2D eigenvalue weighted by Gasteiger charge is -2.36. The largest absolute Gasteiger partial charge is 0.367 e. The molecule has 1 heterocycles. The van der Waals surface area contributed by atoms with E-state index in [1.807, 2.05) is 31.2 Å². The van der Waals surface area contributed by atoms with Gasteiger partial charge in [-0.25, -0.2) is 8.42 Å². The Morgan fingerprint density at radius 3 is 2.29 bits per heavy atom. The number of nitrogens with two attached hydrogens (primary N) is 1. The van der Waals surface area contributed by atoms with Gasteiger partial charge < -0.3 is 10.6 Å². The molecule has 0 fully saturated rings. The van der Waals surface area contributed by atoms with Gasteiger partial charge in [-0.3, -0.25) is 14.4 Å². The van der Waals surface area contributed by atoms with Gasteiger partial charge in [0.15, 0.2) is 0 Å². The van der Waals surface area contributed by atoms with E-state index >= 15 is 0 Å². The maximum absolute atomic E-state index is 13.0. The first-order chi connectivity index (χ1) is 13.3. The number of rotatable bonds is 6. The molecule has 9 heteroatoms. The number of hydrogen-bond donors (Lipinski definition) is 1. The summed E-state index contributed by atoms with van der Waals surface area (Å²) >= 11 is 0. The summed E-state index contributed by atoms with van der Waals surface area (Å²) in [4.78, 5) is 12.3. The van der Waals surface area contributed by atoms with Gasteiger partial charge in [-0.05, 0) is 24.6 Å². The molecule has 0 bridgehead atoms. The van der Waals surface area contributed by atoms with E-state index in [0.717, 1.165) is 16.8 Å². The van der Waals surface area contributed by atoms with Gasteiger partial charge in [0.25, 0.3) is 15.7 Å². The van der Waals surface area contributed by atoms with Gasteiger partial charge in [0.1, 0.15) is 0 Å². The lowest BCUT2D eigenvalue weighted by molar-refractivity contribution is -0.384. The van der Waals surface area contributed by atoms with Crippen molar-refractivity contribution in [2.75, 3.05) is 26.2 Å². The predicted molar refractivity (Wildman–Crippen MR) is 107 cm³/mol. The molecule has 0 radical (unpaired) electrons. The topological polar surface area (TPSA) is 110 Å². The fraction of sp³-hybridized carbons (Fsp3) is 0.263. The van der Waals surface area contributed by atoms with E-state index in [1.54, 1.807) is 6.20 Å². The standard InChI is InChI=1S/C19H22N4O4S/c1-15-2-4-16(5-3-15)19-14-22(13-12-21(19)11-10-20)28(26,27)18-8-6-17(7-9-18)23(24)25/h2-9,14H,10-13,20H2,1H3. The number of nitro groups is 1. The zero-order valence-electron chi connectivity index (χ0n) is 15.5. The maximum atomic E-state index is 13.0. The summed E-state index contributed by atoms with van der Waals surface area (Å²) in [6.45, 7) is 3.84. The molecule has 0 atom stereocenters. The molecule has 0 aliphatic carbocycles. The molecule has 148 valence electrons. The number of aryl methyl sites for hydroxylation is 1. The predicted octanol–water partition coefficient (Wildman–Crippen LogP) is 2.17. The molecule has 0 unspecified atom stereocenters. The average molecular weight is 402 g/mol. The average Bonchev–Trinajstić information content (AvgIpc) is 2.69. The van der Waals surface area contributed by atoms with E-state index in [4.69, 9.17) is 5.73 Å². The van der Waals surface area contributed by atoms with Crippen LogP contribution >= 0.6 is 0 Å². The van der Waals surface area contributed by atoms with Crippen LogP contribution in [0.3, 0.4) is 0 Å². The van der Waals surface area contributed by atoms with Crippen molar-refractivity contribution in [2.45, 2.75) is 11.8 Å². The minimum Gasteiger partial charge on any atom is -0.367 e. The smallest absolute Gasteiger partial charge is 0.269 e. The zero-order chi connectivity index (χ0) is 20.3. The van der Waals surface area contributed by atoms with Crippen LogP contribution < -0.4 is 5.73 Å². The van der Waals surface area contributed by atoms with E-state index in [1.165, 1.54) is 28.6 Å². The maximum Gasteiger partial charge on any atom is 0.269 e. The highest BCUT2D eigenvalue weighted by atomic mass is 32.2. The molecule has 0 saturated carbocycles. The third-order valence-corrected chi connectivity index (χ3v) is 6.37. The van der Waals surface area contributed by atoms with Crippen LogP contribution in [0.2, 0.25) is 0 Å². The van der Waals surface area contributed by atoms with Gasteiger partial charge in [0, 0.05) is 38.0 Å². The van der Waals surface area contributed by atoms with Crippen molar-refractivity contribution in [3.05, 3.63) is 76.0 Å². The van der Waals surface area contributed by atoms with Gasteiger partial charge in [0.2, 0.25) is 0 Å². The van der Waals surface area contributed by atoms with Crippen LogP contribution in [-0.2, 0) is 10.0 Å². The summed E-state index contributed by atoms with van der Waals surface area (Å²) in [5.74, 6) is 0. The third-order valence-electron chi connectivity index (χ3n) is 4.60. The van der Waals surface area contributed by atoms with Gasteiger partial charge >= 0.3 is 0 Å². The highest BCUT2D eigenvalue weighted by Gasteiger charge is 2.28. The van der Waals surface area contributed by atoms with E-state index in [-0.39, 0.29) is 17.1 Å². The third kappa shape index (κ3) is 4.00. The molecule has 1 aliphatic rings. The highest BCUT2D eigenvalue weighted by Crippen LogP contribution is 2.28. The molecule has 3 rings (SSSR count). The summed E-state index contributed by atoms with van der Waals surface area (Å²) in [5, 5.41) is 10.8. The Labute approximate surface area is 164 Å². The normalized spacial score (nSPS) is 14.7. The lowest BCUT2D eigenvalue weighted by Crippen LogP contribution is -2.42. The first-order valence-corrected chi connectivity index (χ1v) is 10.3. The van der Waals surface area contributed by atoms with Gasteiger partial charge in [-0.2, -0.15) is 0 Å². The number of benzene rings is 2. The highest BCUT2D eigenvalue weighted by molar-refractivity contribution is 7.89. The molecule has 1 aliphatic heterocycles. The van der Waals surface area contributed by atoms with Gasteiger partial charge in [0.05, 0.1) is 22.1 Å². The van der Waals surface area contributed by atoms with Crippen molar-refractivity contribution in [1.82, 2.24) is 9.21 Å². The van der Waals surface area contributed by atoms with Crippen LogP contribution in [0.5, 0.6) is 0 Å². The van der Waals surface area contributed by atoms with Crippen LogP contribution in [0.4, 0.5) is 5.69 Å². The molecular formula is C19H22N4O4S. The number of nitrogens with zero attached hydrogens (tertiary/aromatic N) is 3. The quantitative estimate of drug-likeness (QED) is 0.586. The second kappa shape index (κ2) is 7.99. The van der Waals surface area contributed by atoms with E-state index in [9.17, 15) is 18.5 Å². The first-order valence-electron chi connectivity index (χ1n) is 8.83. The van der Waals surface area contributed by atoms with Gasteiger partial charge in [-0.1, -0.05) is 29.8 Å². The van der Waals surface area contributed by atoms with Crippen LogP contribution in [0.1, 0.15) is 11.1 Å². The van der Waals surface area contributed by atoms with E-state index in [2.05, 4.69) is 4.90 Å². The minimum atomic E-state index is -3.82. The van der Waals surface area contributed by atoms with Crippen molar-refractivity contribution >= 4 is 21.4 Å². The SMILES string of the molecule is Cc1ccc(C2=CN(S(=O)(=O)c3ccc([N+](=O)[O-])cc3)CCN2CCN)cc1. The van der Waals surface area contributed by atoms with Crippen LogP contribution in [-0.4, -0.2) is 48.7 Å². The van der Waals surface area contributed by atoms with Crippen LogP contribution in [0.25, 0.3) is 5.70 Å². The second-order valence-electron chi connectivity index (χ2n) is 6.52. The van der Waals surface area contributed by atoms with Crippen molar-refractivity contribution < 1.29 is 13.3 Å². The van der Waals surface area contributed by atoms with Crippen LogP contribution in [0, 0.1) is 17.0 Å². The Bertz CT molecular complexity index is 986. The van der Waals surface area contributed by atoms with Crippen LogP contribution in [0.15, 0.2) is 59.6 Å². The first kappa shape index (κ1) is 19.8. The fourth-order valence-corrected chi connectivity index (χ4v) is 4.37. The Kier molecular flexibility index (Phi) is 5.66. The number of hydrogen-bond acceptors (Lipinski definition) is 6. The Hall–Kier alpha value is -2.91. The second-order valence-corrected chi connectivity index (χ2v) is 8.41. The summed E-state index contributed by atoms with van der Waals surface area (Å²) < 4.78 is 27.4. The van der Waals surface area contributed by atoms with Crippen molar-refractivity contribution in [1.29, 1.82) is 0 Å². The summed E-state index contributed by atoms with van der Waals surface area (Å²) in [6, 6.07) is 12.8. The minimum absolute atomic E-state index is 0.0184. The fourth-order valence-electron chi connectivity index (χ4n) is 3.06. The molecule has 0 spiro atoms. The molecule has 0 amide bonds. The summed E-state index contributed by atoms with van der Waals surface area (Å²) in [6.07, 6.45) is 1.61. The monoisotopic (exact) mass is 402 g/mol. The Morgan fingerprint density at radius 2 is 1.71 bits per heavy atom. The van der Waals surface area contributed by atoms with Gasteiger partial charge in [-0.15, -0.1) is 0 Å². The van der Waals surface area contributed by atoms with E-state index in [0.29, 0.717) is 19.6 Å². The van der Waals surface area contributed by atoms with Crippen molar-refractivity contribution in [3.8, 4) is 0 Å². The Balaban J connectivity index is 1.98. The van der Waals surface area contributed by atoms with Crippen molar-refractivity contribution in [2.24, 2.45) is 5.73 Å². The number of nitro benzene ring substituents is 1. The van der Waals surface area contributed by atoms with E-state index < -0.39 is 14.9 Å². The number of non-ortho nitro benzene ring substituents is 1. The molecule has 2 aromatic rings.